The van der Waals surface area contributed by atoms with Crippen LogP contribution in [0.15, 0.2) is 65.8 Å². The Hall–Kier alpha value is -3.00. The van der Waals surface area contributed by atoms with E-state index >= 15 is 0 Å². The van der Waals surface area contributed by atoms with Crippen molar-refractivity contribution < 1.29 is 22.7 Å². The number of ether oxygens (including phenoxy) is 1. The maximum absolute atomic E-state index is 13.3. The van der Waals surface area contributed by atoms with Crippen LogP contribution in [0.3, 0.4) is 0 Å². The fraction of sp³-hybridized carbons (Fsp3) is 0.100. The molecule has 1 heterocycles. The Labute approximate surface area is 163 Å². The summed E-state index contributed by atoms with van der Waals surface area (Å²) in [4.78, 5) is 16.5. The van der Waals surface area contributed by atoms with Crippen molar-refractivity contribution in [2.45, 2.75) is 5.03 Å². The quantitative estimate of drug-likeness (QED) is 0.449. The molecule has 1 N–H and O–H groups in total. The Bertz CT molecular complexity index is 968. The number of halogens is 3. The number of thioether (sulfide) groups is 1. The summed E-state index contributed by atoms with van der Waals surface area (Å²) in [5.74, 6) is -1.94. The molecule has 144 valence electrons. The van der Waals surface area contributed by atoms with Gasteiger partial charge in [-0.2, -0.15) is 0 Å². The van der Waals surface area contributed by atoms with Crippen molar-refractivity contribution >= 4 is 23.4 Å². The molecular weight excluding hydrogens is 389 g/mol. The zero-order valence-corrected chi connectivity index (χ0v) is 15.3. The minimum absolute atomic E-state index is 0.00153. The van der Waals surface area contributed by atoms with Crippen molar-refractivity contribution in [3.8, 4) is 5.75 Å². The molecule has 0 aliphatic heterocycles. The van der Waals surface area contributed by atoms with E-state index in [9.17, 15) is 18.0 Å². The lowest BCUT2D eigenvalue weighted by Crippen LogP contribution is -2.13. The SMILES string of the molecule is O=C(Nc1cccnc1SCCOc1ccc(F)cc1)c1ccc(F)c(F)c1. The first-order valence-electron chi connectivity index (χ1n) is 8.25. The zero-order valence-electron chi connectivity index (χ0n) is 14.5. The van der Waals surface area contributed by atoms with Gasteiger partial charge in [0.25, 0.3) is 5.91 Å². The van der Waals surface area contributed by atoms with Gasteiger partial charge in [-0.15, -0.1) is 11.8 Å². The highest BCUT2D eigenvalue weighted by Gasteiger charge is 2.12. The molecule has 0 bridgehead atoms. The van der Waals surface area contributed by atoms with E-state index in [1.165, 1.54) is 42.1 Å². The molecule has 1 aromatic heterocycles. The predicted octanol–water partition coefficient (Wildman–Crippen LogP) is 4.92. The van der Waals surface area contributed by atoms with Gasteiger partial charge in [-0.1, -0.05) is 0 Å². The van der Waals surface area contributed by atoms with Gasteiger partial charge < -0.3 is 10.1 Å². The van der Waals surface area contributed by atoms with Gasteiger partial charge in [0.05, 0.1) is 12.3 Å². The molecule has 0 aliphatic carbocycles. The fourth-order valence-electron chi connectivity index (χ4n) is 2.26. The molecule has 28 heavy (non-hydrogen) atoms. The second kappa shape index (κ2) is 9.27. The Morgan fingerprint density at radius 2 is 1.82 bits per heavy atom. The Morgan fingerprint density at radius 3 is 2.57 bits per heavy atom. The van der Waals surface area contributed by atoms with Gasteiger partial charge in [0.2, 0.25) is 0 Å². The zero-order chi connectivity index (χ0) is 19.9. The third-order valence-electron chi connectivity index (χ3n) is 3.61. The number of carbonyl (C=O) groups is 1. The maximum atomic E-state index is 13.3. The molecule has 0 radical (unpaired) electrons. The monoisotopic (exact) mass is 404 g/mol. The van der Waals surface area contributed by atoms with Crippen molar-refractivity contribution in [1.29, 1.82) is 0 Å². The number of benzene rings is 2. The Morgan fingerprint density at radius 1 is 1.04 bits per heavy atom. The Kier molecular flexibility index (Phi) is 6.54. The van der Waals surface area contributed by atoms with Crippen LogP contribution in [-0.4, -0.2) is 23.3 Å². The van der Waals surface area contributed by atoms with Gasteiger partial charge in [0.15, 0.2) is 11.6 Å². The molecule has 0 atom stereocenters. The maximum Gasteiger partial charge on any atom is 0.255 e. The summed E-state index contributed by atoms with van der Waals surface area (Å²) in [6.07, 6.45) is 1.58. The number of pyridine rings is 1. The summed E-state index contributed by atoms with van der Waals surface area (Å²) in [6, 6.07) is 11.9. The molecule has 2 aromatic carbocycles. The largest absolute Gasteiger partial charge is 0.493 e. The van der Waals surface area contributed by atoms with Gasteiger partial charge in [0.1, 0.15) is 16.6 Å². The molecule has 8 heteroatoms. The molecule has 3 aromatic rings. The predicted molar refractivity (Wildman–Crippen MR) is 101 cm³/mol. The van der Waals surface area contributed by atoms with Crippen molar-refractivity contribution in [3.63, 3.8) is 0 Å². The van der Waals surface area contributed by atoms with Gasteiger partial charge in [-0.3, -0.25) is 4.79 Å². The summed E-state index contributed by atoms with van der Waals surface area (Å²) in [5, 5.41) is 3.20. The van der Waals surface area contributed by atoms with E-state index < -0.39 is 17.5 Å². The van der Waals surface area contributed by atoms with Crippen LogP contribution < -0.4 is 10.1 Å². The van der Waals surface area contributed by atoms with Gasteiger partial charge in [-0.25, -0.2) is 18.2 Å². The normalized spacial score (nSPS) is 10.5. The topological polar surface area (TPSA) is 51.2 Å². The second-order valence-electron chi connectivity index (χ2n) is 5.59. The average Bonchev–Trinajstić information content (AvgIpc) is 2.70. The molecule has 0 aliphatic rings. The van der Waals surface area contributed by atoms with Crippen LogP contribution in [0.25, 0.3) is 0 Å². The van der Waals surface area contributed by atoms with E-state index in [1.807, 2.05) is 0 Å². The van der Waals surface area contributed by atoms with Crippen LogP contribution in [0.5, 0.6) is 5.75 Å². The highest BCUT2D eigenvalue weighted by atomic mass is 32.2. The van der Waals surface area contributed by atoms with Crippen LogP contribution in [0.1, 0.15) is 10.4 Å². The molecule has 3 rings (SSSR count). The van der Waals surface area contributed by atoms with E-state index in [4.69, 9.17) is 4.74 Å². The number of aromatic nitrogens is 1. The van der Waals surface area contributed by atoms with Crippen LogP contribution >= 0.6 is 11.8 Å². The number of hydrogen-bond acceptors (Lipinski definition) is 4. The van der Waals surface area contributed by atoms with E-state index in [0.29, 0.717) is 28.8 Å². The minimum atomic E-state index is -1.09. The molecule has 0 saturated carbocycles. The fourth-order valence-corrected chi connectivity index (χ4v) is 3.03. The summed E-state index contributed by atoms with van der Waals surface area (Å²) >= 11 is 1.35. The van der Waals surface area contributed by atoms with Crippen LogP contribution in [0, 0.1) is 17.5 Å². The molecule has 0 fully saturated rings. The van der Waals surface area contributed by atoms with E-state index in [0.717, 1.165) is 12.1 Å². The molecule has 4 nitrogen and oxygen atoms in total. The third kappa shape index (κ3) is 5.26. The van der Waals surface area contributed by atoms with E-state index in [-0.39, 0.29) is 11.4 Å². The van der Waals surface area contributed by atoms with Gasteiger partial charge >= 0.3 is 0 Å². The van der Waals surface area contributed by atoms with Crippen LogP contribution in [0.4, 0.5) is 18.9 Å². The molecule has 0 unspecified atom stereocenters. The number of nitrogens with zero attached hydrogens (tertiary/aromatic N) is 1. The number of nitrogens with one attached hydrogen (secondary N) is 1. The number of hydrogen-bond donors (Lipinski definition) is 1. The second-order valence-corrected chi connectivity index (χ2v) is 6.67. The van der Waals surface area contributed by atoms with Gasteiger partial charge in [0, 0.05) is 17.5 Å². The van der Waals surface area contributed by atoms with Gasteiger partial charge in [-0.05, 0) is 54.6 Å². The summed E-state index contributed by atoms with van der Waals surface area (Å²) < 4.78 is 44.7. The first kappa shape index (κ1) is 19.8. The van der Waals surface area contributed by atoms with Crippen LogP contribution in [0.2, 0.25) is 0 Å². The average molecular weight is 404 g/mol. The van der Waals surface area contributed by atoms with Crippen LogP contribution in [-0.2, 0) is 0 Å². The number of anilines is 1. The highest BCUT2D eigenvalue weighted by Crippen LogP contribution is 2.25. The lowest BCUT2D eigenvalue weighted by Gasteiger charge is -2.10. The number of carbonyl (C=O) groups excluding carboxylic acids is 1. The number of rotatable bonds is 7. The molecule has 0 saturated heterocycles. The first-order valence-corrected chi connectivity index (χ1v) is 9.24. The molecule has 0 spiro atoms. The van der Waals surface area contributed by atoms with E-state index in [2.05, 4.69) is 10.3 Å². The van der Waals surface area contributed by atoms with E-state index in [1.54, 1.807) is 18.3 Å². The lowest BCUT2D eigenvalue weighted by molar-refractivity contribution is 0.102. The molecule has 1 amide bonds. The first-order chi connectivity index (χ1) is 13.5. The highest BCUT2D eigenvalue weighted by molar-refractivity contribution is 7.99. The summed E-state index contributed by atoms with van der Waals surface area (Å²) in [7, 11) is 0. The van der Waals surface area contributed by atoms with Crippen molar-refractivity contribution in [2.75, 3.05) is 17.7 Å². The third-order valence-corrected chi connectivity index (χ3v) is 4.58. The van der Waals surface area contributed by atoms with Crippen molar-refractivity contribution in [1.82, 2.24) is 4.98 Å². The smallest absolute Gasteiger partial charge is 0.255 e. The Balaban J connectivity index is 1.58. The summed E-state index contributed by atoms with van der Waals surface area (Å²) in [6.45, 7) is 0.351. The summed E-state index contributed by atoms with van der Waals surface area (Å²) in [5.41, 5.74) is 0.447. The molecular formula is C20H15F3N2O2S. The minimum Gasteiger partial charge on any atom is -0.493 e. The van der Waals surface area contributed by atoms with Crippen molar-refractivity contribution in [3.05, 3.63) is 83.8 Å². The number of amides is 1. The van der Waals surface area contributed by atoms with Crippen molar-refractivity contribution in [2.24, 2.45) is 0 Å². The lowest BCUT2D eigenvalue weighted by atomic mass is 10.2. The standard InChI is InChI=1S/C20H15F3N2O2S/c21-14-4-6-15(7-5-14)27-10-11-28-20-18(2-1-9-24-20)25-19(26)13-3-8-16(22)17(23)12-13/h1-9,12H,10-11H2,(H,25,26).